The molecular weight excluding hydrogens is 1040 g/mol. The molecule has 0 bridgehead atoms. The van der Waals surface area contributed by atoms with E-state index in [1.165, 1.54) is 289 Å². The number of unbranched alkanes of at least 4 members (excludes halogenated alkanes) is 47. The summed E-state index contributed by atoms with van der Waals surface area (Å²) < 4.78 is 34.7. The molecular formula is C72H139NO8P+. The molecule has 0 rings (SSSR count). The largest absolute Gasteiger partial charge is 0.472 e. The molecule has 0 aliphatic carbocycles. The van der Waals surface area contributed by atoms with Crippen molar-refractivity contribution in [2.75, 3.05) is 47.5 Å². The fraction of sp³-hybridized carbons (Fsp3) is 0.889. The van der Waals surface area contributed by atoms with Gasteiger partial charge in [-0.1, -0.05) is 314 Å². The van der Waals surface area contributed by atoms with E-state index >= 15 is 0 Å². The van der Waals surface area contributed by atoms with Gasteiger partial charge < -0.3 is 18.9 Å². The molecule has 0 fully saturated rings. The van der Waals surface area contributed by atoms with E-state index in [2.05, 4.69) is 50.3 Å². The normalized spacial score (nSPS) is 13.3. The molecule has 0 aromatic heterocycles. The first-order valence-corrected chi connectivity index (χ1v) is 37.2. The third-order valence-corrected chi connectivity index (χ3v) is 17.1. The maximum Gasteiger partial charge on any atom is 0.472 e. The third-order valence-electron chi connectivity index (χ3n) is 16.1. The minimum atomic E-state index is -4.39. The monoisotopic (exact) mass is 1180 g/mol. The van der Waals surface area contributed by atoms with Crippen LogP contribution in [0.15, 0.2) is 36.5 Å². The van der Waals surface area contributed by atoms with Crippen molar-refractivity contribution in [3.8, 4) is 0 Å². The fourth-order valence-electron chi connectivity index (χ4n) is 10.6. The standard InChI is InChI=1S/C72H138NO8P/c1-6-8-10-12-14-16-18-20-22-24-26-28-30-32-33-34-35-36-37-38-39-41-43-45-47-49-51-53-55-57-59-61-63-65-72(75)81-70(69-80-82(76,77)79-67-66-73(3,4)5)68-78-71(74)64-62-60-58-56-54-52-50-48-46-44-42-40-31-29-27-25-23-21-19-17-15-13-11-9-7-2/h18,20,24-27,70H,6-17,19,21-23,28-69H2,1-5H3/p+1/b20-18-,26-24-,27-25-. The van der Waals surface area contributed by atoms with Gasteiger partial charge in [-0.25, -0.2) is 4.57 Å². The summed E-state index contributed by atoms with van der Waals surface area (Å²) >= 11 is 0. The van der Waals surface area contributed by atoms with E-state index < -0.39 is 26.5 Å². The summed E-state index contributed by atoms with van der Waals surface area (Å²) in [6.07, 6.45) is 81.1. The number of hydrogen-bond acceptors (Lipinski definition) is 7. The van der Waals surface area contributed by atoms with Gasteiger partial charge in [-0.15, -0.1) is 0 Å². The molecule has 1 N–H and O–H groups in total. The summed E-state index contributed by atoms with van der Waals surface area (Å²) in [4.78, 5) is 35.9. The van der Waals surface area contributed by atoms with Crippen molar-refractivity contribution >= 4 is 19.8 Å². The molecule has 82 heavy (non-hydrogen) atoms. The molecule has 2 atom stereocenters. The Balaban J connectivity index is 3.98. The van der Waals surface area contributed by atoms with Crippen molar-refractivity contribution in [3.05, 3.63) is 36.5 Å². The van der Waals surface area contributed by atoms with E-state index in [0.29, 0.717) is 23.9 Å². The first kappa shape index (κ1) is 80.2. The number of nitrogens with zero attached hydrogens (tertiary/aromatic N) is 1. The minimum absolute atomic E-state index is 0.0345. The van der Waals surface area contributed by atoms with Crippen LogP contribution in [0.25, 0.3) is 0 Å². The van der Waals surface area contributed by atoms with Gasteiger partial charge in [0.25, 0.3) is 0 Å². The Morgan fingerprint density at radius 2 is 0.659 bits per heavy atom. The SMILES string of the molecule is CCCCCCC/C=C\C/C=C\CCCCCCCCCCCCCCCCCCCCCCCC(=O)OC(COC(=O)CCCCCCCCCCCCCCC/C=C\CCCCCCCCCC)COP(=O)(O)OCC[N+](C)(C)C. The van der Waals surface area contributed by atoms with Crippen LogP contribution in [-0.2, 0) is 32.7 Å². The molecule has 0 heterocycles. The van der Waals surface area contributed by atoms with Crippen LogP contribution in [0, 0.1) is 0 Å². The van der Waals surface area contributed by atoms with Crippen LogP contribution in [-0.4, -0.2) is 74.9 Å². The molecule has 10 heteroatoms. The number of phosphoric acid groups is 1. The molecule has 0 saturated heterocycles. The van der Waals surface area contributed by atoms with Crippen molar-refractivity contribution in [2.24, 2.45) is 0 Å². The zero-order chi connectivity index (χ0) is 59.8. The molecule has 484 valence electrons. The number of carbonyl (C=O) groups excluding carboxylic acids is 2. The second-order valence-electron chi connectivity index (χ2n) is 25.6. The Labute approximate surface area is 510 Å². The van der Waals surface area contributed by atoms with E-state index in [4.69, 9.17) is 18.5 Å². The predicted molar refractivity (Wildman–Crippen MR) is 354 cm³/mol. The van der Waals surface area contributed by atoms with E-state index in [1.54, 1.807) is 0 Å². The van der Waals surface area contributed by atoms with E-state index in [1.807, 2.05) is 21.1 Å². The molecule has 0 spiro atoms. The Bertz CT molecular complexity index is 1480. The van der Waals surface area contributed by atoms with Gasteiger partial charge in [-0.05, 0) is 70.6 Å². The maximum atomic E-state index is 12.9. The molecule has 0 amide bonds. The Kier molecular flexibility index (Phi) is 62.3. The average molecular weight is 1180 g/mol. The Morgan fingerprint density at radius 3 is 0.976 bits per heavy atom. The third kappa shape index (κ3) is 67.4. The summed E-state index contributed by atoms with van der Waals surface area (Å²) in [5.74, 6) is -0.776. The van der Waals surface area contributed by atoms with Gasteiger partial charge in [-0.3, -0.25) is 18.6 Å². The quantitative estimate of drug-likeness (QED) is 0.0211. The number of hydrogen-bond donors (Lipinski definition) is 1. The van der Waals surface area contributed by atoms with Crippen LogP contribution >= 0.6 is 7.82 Å². The van der Waals surface area contributed by atoms with E-state index in [-0.39, 0.29) is 25.6 Å². The second kappa shape index (κ2) is 63.7. The lowest BCUT2D eigenvalue weighted by Gasteiger charge is -2.24. The van der Waals surface area contributed by atoms with Crippen molar-refractivity contribution in [1.82, 2.24) is 0 Å². The highest BCUT2D eigenvalue weighted by Crippen LogP contribution is 2.43. The summed E-state index contributed by atoms with van der Waals surface area (Å²) in [6.45, 7) is 4.49. The molecule has 9 nitrogen and oxygen atoms in total. The van der Waals surface area contributed by atoms with Gasteiger partial charge in [0.1, 0.15) is 19.8 Å². The van der Waals surface area contributed by atoms with Crippen LogP contribution in [0.2, 0.25) is 0 Å². The maximum absolute atomic E-state index is 12.9. The molecule has 0 aromatic carbocycles. The first-order chi connectivity index (χ1) is 40.0. The van der Waals surface area contributed by atoms with Gasteiger partial charge in [0.15, 0.2) is 6.10 Å². The van der Waals surface area contributed by atoms with Crippen LogP contribution in [0.5, 0.6) is 0 Å². The van der Waals surface area contributed by atoms with Crippen molar-refractivity contribution in [1.29, 1.82) is 0 Å². The van der Waals surface area contributed by atoms with Crippen molar-refractivity contribution in [3.63, 3.8) is 0 Å². The van der Waals surface area contributed by atoms with Crippen molar-refractivity contribution in [2.45, 2.75) is 367 Å². The number of ether oxygens (including phenoxy) is 2. The smallest absolute Gasteiger partial charge is 0.462 e. The number of quaternary nitrogens is 1. The molecule has 2 unspecified atom stereocenters. The number of rotatable bonds is 67. The lowest BCUT2D eigenvalue weighted by atomic mass is 10.0. The average Bonchev–Trinajstić information content (AvgIpc) is 3.46. The summed E-state index contributed by atoms with van der Waals surface area (Å²) in [6, 6.07) is 0. The lowest BCUT2D eigenvalue weighted by molar-refractivity contribution is -0.870. The van der Waals surface area contributed by atoms with Crippen LogP contribution in [0.3, 0.4) is 0 Å². The first-order valence-electron chi connectivity index (χ1n) is 35.7. The van der Waals surface area contributed by atoms with E-state index in [9.17, 15) is 19.0 Å². The lowest BCUT2D eigenvalue weighted by Crippen LogP contribution is -2.37. The van der Waals surface area contributed by atoms with E-state index in [0.717, 1.165) is 38.5 Å². The topological polar surface area (TPSA) is 108 Å². The zero-order valence-corrected chi connectivity index (χ0v) is 56.1. The highest BCUT2D eigenvalue weighted by Gasteiger charge is 2.27. The van der Waals surface area contributed by atoms with Crippen LogP contribution in [0.1, 0.15) is 361 Å². The predicted octanol–water partition coefficient (Wildman–Crippen LogP) is 23.1. The Morgan fingerprint density at radius 1 is 0.378 bits per heavy atom. The van der Waals surface area contributed by atoms with Crippen LogP contribution in [0.4, 0.5) is 0 Å². The van der Waals surface area contributed by atoms with Gasteiger partial charge in [-0.2, -0.15) is 0 Å². The second-order valence-corrected chi connectivity index (χ2v) is 27.1. The zero-order valence-electron chi connectivity index (χ0n) is 55.3. The number of phosphoric ester groups is 1. The van der Waals surface area contributed by atoms with Crippen LogP contribution < -0.4 is 0 Å². The summed E-state index contributed by atoms with van der Waals surface area (Å²) in [5.41, 5.74) is 0. The summed E-state index contributed by atoms with van der Waals surface area (Å²) in [5, 5.41) is 0. The van der Waals surface area contributed by atoms with Gasteiger partial charge >= 0.3 is 19.8 Å². The molecule has 0 radical (unpaired) electrons. The van der Waals surface area contributed by atoms with Gasteiger partial charge in [0, 0.05) is 12.8 Å². The molecule has 0 aromatic rings. The molecule has 0 saturated carbocycles. The highest BCUT2D eigenvalue weighted by atomic mass is 31.2. The van der Waals surface area contributed by atoms with Crippen molar-refractivity contribution < 1.29 is 42.1 Å². The number of allylic oxidation sites excluding steroid dienone is 6. The van der Waals surface area contributed by atoms with Gasteiger partial charge in [0.05, 0.1) is 27.7 Å². The summed E-state index contributed by atoms with van der Waals surface area (Å²) in [7, 11) is 1.50. The number of carbonyl (C=O) groups is 2. The fourth-order valence-corrected chi connectivity index (χ4v) is 11.4. The molecule has 0 aliphatic rings. The molecule has 0 aliphatic heterocycles. The number of likely N-dealkylation sites (N-methyl/N-ethyl adjacent to an activating group) is 1. The minimum Gasteiger partial charge on any atom is -0.462 e. The Hall–Kier alpha value is -1.77. The van der Waals surface area contributed by atoms with Gasteiger partial charge in [0.2, 0.25) is 0 Å². The number of esters is 2. The highest BCUT2D eigenvalue weighted by molar-refractivity contribution is 7.47.